The van der Waals surface area contributed by atoms with Gasteiger partial charge in [0.15, 0.2) is 5.82 Å². The summed E-state index contributed by atoms with van der Waals surface area (Å²) in [6, 6.07) is 7.96. The molecule has 5 N–H and O–H groups in total. The van der Waals surface area contributed by atoms with E-state index >= 15 is 4.39 Å². The molecule has 184 valence electrons. The van der Waals surface area contributed by atoms with Gasteiger partial charge in [-0.1, -0.05) is 12.1 Å². The van der Waals surface area contributed by atoms with Crippen LogP contribution in [0.15, 0.2) is 65.7 Å². The van der Waals surface area contributed by atoms with E-state index in [-0.39, 0.29) is 38.7 Å². The van der Waals surface area contributed by atoms with E-state index in [0.717, 1.165) is 24.1 Å². The Morgan fingerprint density at radius 2 is 1.89 bits per heavy atom. The van der Waals surface area contributed by atoms with Gasteiger partial charge in [0.05, 0.1) is 38.5 Å². The van der Waals surface area contributed by atoms with Crippen molar-refractivity contribution in [3.8, 4) is 0 Å². The number of carbonyl (C=O) groups excluding carboxylic acids is 1. The summed E-state index contributed by atoms with van der Waals surface area (Å²) in [6.45, 7) is 1.56. The van der Waals surface area contributed by atoms with Gasteiger partial charge in [0.25, 0.3) is 0 Å². The number of nitrogens with one attached hydrogen (secondary N) is 5. The van der Waals surface area contributed by atoms with E-state index in [0.29, 0.717) is 5.70 Å². The van der Waals surface area contributed by atoms with Crippen LogP contribution in [-0.4, -0.2) is 33.5 Å². The summed E-state index contributed by atoms with van der Waals surface area (Å²) in [5, 5.41) is 13.9. The van der Waals surface area contributed by atoms with Gasteiger partial charge in [0, 0.05) is 19.4 Å². The van der Waals surface area contributed by atoms with Crippen molar-refractivity contribution in [2.75, 3.05) is 17.1 Å². The molecule has 0 bridgehead atoms. The zero-order valence-electron chi connectivity index (χ0n) is 19.0. The lowest BCUT2D eigenvalue weighted by Gasteiger charge is -2.12. The molecular weight excluding hydrogens is 491 g/mol. The van der Waals surface area contributed by atoms with Gasteiger partial charge in [-0.2, -0.15) is 0 Å². The van der Waals surface area contributed by atoms with Crippen molar-refractivity contribution in [2.24, 2.45) is 0 Å². The lowest BCUT2D eigenvalue weighted by molar-refractivity contribution is 0.103. The lowest BCUT2D eigenvalue weighted by Crippen LogP contribution is -2.14. The van der Waals surface area contributed by atoms with Crippen LogP contribution >= 0.6 is 11.9 Å². The molecule has 2 aromatic carbocycles. The lowest BCUT2D eigenvalue weighted by atomic mass is 10.0. The largest absolute Gasteiger partial charge is 0.392 e. The number of allylic oxidation sites excluding steroid dienone is 1. The fraction of sp³-hybridized carbons (Fsp3) is 0.0833. The number of carbonyl (C=O) groups is 1. The molecule has 4 rings (SSSR count). The topological polar surface area (TPSA) is 119 Å². The second kappa shape index (κ2) is 10.5. The minimum Gasteiger partial charge on any atom is -0.392 e. The minimum absolute atomic E-state index is 0.0729. The van der Waals surface area contributed by atoms with Crippen LogP contribution in [0.5, 0.6) is 0 Å². The highest BCUT2D eigenvalue weighted by molar-refractivity contribution is 8.00. The monoisotopic (exact) mass is 511 g/mol. The summed E-state index contributed by atoms with van der Waals surface area (Å²) in [4.78, 5) is 24.6. The Kier molecular flexibility index (Phi) is 7.25. The number of H-pyrrole nitrogens is 1. The van der Waals surface area contributed by atoms with E-state index in [4.69, 9.17) is 5.41 Å². The number of nitrogens with zero attached hydrogens (tertiary/aromatic N) is 2. The maximum atomic E-state index is 15.4. The molecule has 36 heavy (non-hydrogen) atoms. The molecule has 0 spiro atoms. The van der Waals surface area contributed by atoms with Gasteiger partial charge in [-0.25, -0.2) is 23.1 Å². The third-order valence-electron chi connectivity index (χ3n) is 5.09. The first kappa shape index (κ1) is 24.8. The molecule has 0 saturated heterocycles. The van der Waals surface area contributed by atoms with Gasteiger partial charge < -0.3 is 25.7 Å². The number of anilines is 2. The van der Waals surface area contributed by atoms with Crippen LogP contribution in [0.3, 0.4) is 0 Å². The average Bonchev–Trinajstić information content (AvgIpc) is 3.29. The Hall–Kier alpha value is -4.32. The summed E-state index contributed by atoms with van der Waals surface area (Å²) in [5.74, 6) is -3.48. The van der Waals surface area contributed by atoms with Crippen LogP contribution in [0.25, 0.3) is 11.0 Å². The van der Waals surface area contributed by atoms with Crippen molar-refractivity contribution in [2.45, 2.75) is 11.8 Å². The van der Waals surface area contributed by atoms with Crippen LogP contribution in [0, 0.1) is 22.9 Å². The van der Waals surface area contributed by atoms with Crippen molar-refractivity contribution in [3.63, 3.8) is 0 Å². The molecular formula is C24H20F3N7OS. The van der Waals surface area contributed by atoms with Gasteiger partial charge in [0.1, 0.15) is 29.4 Å². The van der Waals surface area contributed by atoms with Gasteiger partial charge in [0.2, 0.25) is 5.78 Å². The van der Waals surface area contributed by atoms with Crippen molar-refractivity contribution < 1.29 is 18.0 Å². The molecule has 0 fully saturated rings. The number of hydrogen-bond donors (Lipinski definition) is 5. The SMILES string of the molecule is CN/C=C(/Nc1ncnc2[nH]cc(C(=O)c3c(F)ccc(NSc4ccccc4F)c3F)c12)C(C)=N. The standard InChI is InChI=1S/C24H20F3N7OS/c1-12(28)17(10-29-2)33-24-19-13(9-30-23(19)31-11-32-24)22(35)20-15(26)7-8-16(21(20)27)34-36-18-6-4-3-5-14(18)25/h3-11,28-29,34H,1-2H3,(H2,30,31,32,33)/b17-10+,28-12?. The number of ketones is 1. The number of hydrogen-bond acceptors (Lipinski definition) is 8. The first-order chi connectivity index (χ1) is 17.3. The summed E-state index contributed by atoms with van der Waals surface area (Å²) >= 11 is 0.790. The smallest absolute Gasteiger partial charge is 0.201 e. The van der Waals surface area contributed by atoms with Crippen molar-refractivity contribution in [1.82, 2.24) is 20.3 Å². The zero-order chi connectivity index (χ0) is 25.8. The fourth-order valence-corrected chi connectivity index (χ4v) is 4.05. The first-order valence-electron chi connectivity index (χ1n) is 10.5. The Bertz CT molecular complexity index is 1500. The maximum Gasteiger partial charge on any atom is 0.201 e. The highest BCUT2D eigenvalue weighted by Gasteiger charge is 2.26. The Labute approximate surface area is 208 Å². The van der Waals surface area contributed by atoms with Gasteiger partial charge >= 0.3 is 0 Å². The Morgan fingerprint density at radius 3 is 2.61 bits per heavy atom. The highest BCUT2D eigenvalue weighted by Crippen LogP contribution is 2.32. The number of benzene rings is 2. The zero-order valence-corrected chi connectivity index (χ0v) is 19.9. The molecule has 2 aromatic heterocycles. The summed E-state index contributed by atoms with van der Waals surface area (Å²) in [6.07, 6.45) is 4.07. The Balaban J connectivity index is 1.73. The molecule has 0 atom stereocenters. The van der Waals surface area contributed by atoms with E-state index in [1.165, 1.54) is 36.9 Å². The van der Waals surface area contributed by atoms with E-state index in [2.05, 4.69) is 30.3 Å². The molecule has 8 nitrogen and oxygen atoms in total. The van der Waals surface area contributed by atoms with E-state index in [1.54, 1.807) is 20.0 Å². The second-order valence-corrected chi connectivity index (χ2v) is 8.34. The predicted molar refractivity (Wildman–Crippen MR) is 134 cm³/mol. The molecule has 0 amide bonds. The van der Waals surface area contributed by atoms with Crippen LogP contribution in [0.1, 0.15) is 22.8 Å². The average molecular weight is 512 g/mol. The van der Waals surface area contributed by atoms with Gasteiger partial charge in [-0.15, -0.1) is 0 Å². The summed E-state index contributed by atoms with van der Waals surface area (Å²) in [7, 11) is 1.66. The molecule has 0 aliphatic rings. The van der Waals surface area contributed by atoms with Crippen LogP contribution < -0.4 is 15.4 Å². The third-order valence-corrected chi connectivity index (χ3v) is 5.96. The molecule has 2 heterocycles. The quantitative estimate of drug-likeness (QED) is 0.119. The molecule has 0 radical (unpaired) electrons. The van der Waals surface area contributed by atoms with Crippen LogP contribution in [0.2, 0.25) is 0 Å². The predicted octanol–water partition coefficient (Wildman–Crippen LogP) is 5.24. The molecule has 0 saturated carbocycles. The first-order valence-corrected chi connectivity index (χ1v) is 11.4. The second-order valence-electron chi connectivity index (χ2n) is 7.49. The Morgan fingerprint density at radius 1 is 1.11 bits per heavy atom. The van der Waals surface area contributed by atoms with Crippen molar-refractivity contribution >= 4 is 46.0 Å². The molecule has 0 aliphatic carbocycles. The molecule has 0 aliphatic heterocycles. The van der Waals surface area contributed by atoms with Crippen molar-refractivity contribution in [3.05, 3.63) is 89.4 Å². The normalized spacial score (nSPS) is 11.4. The van der Waals surface area contributed by atoms with Gasteiger partial charge in [-0.05, 0) is 43.1 Å². The fourth-order valence-electron chi connectivity index (χ4n) is 3.36. The van der Waals surface area contributed by atoms with Crippen LogP contribution in [-0.2, 0) is 0 Å². The number of aromatic amines is 1. The van der Waals surface area contributed by atoms with Crippen molar-refractivity contribution in [1.29, 1.82) is 5.41 Å². The summed E-state index contributed by atoms with van der Waals surface area (Å²) in [5.41, 5.74) is -0.252. The van der Waals surface area contributed by atoms with E-state index in [9.17, 15) is 13.6 Å². The summed E-state index contributed by atoms with van der Waals surface area (Å²) < 4.78 is 46.7. The number of rotatable bonds is 9. The number of aromatic nitrogens is 3. The number of halogens is 3. The molecule has 12 heteroatoms. The molecule has 0 unspecified atom stereocenters. The number of fused-ring (bicyclic) bond motifs is 1. The van der Waals surface area contributed by atoms with Gasteiger partial charge in [-0.3, -0.25) is 4.79 Å². The molecule has 4 aromatic rings. The third kappa shape index (κ3) is 4.89. The van der Waals surface area contributed by atoms with E-state index < -0.39 is 28.8 Å². The van der Waals surface area contributed by atoms with E-state index in [1.807, 2.05) is 0 Å². The van der Waals surface area contributed by atoms with Crippen LogP contribution in [0.4, 0.5) is 24.7 Å². The highest BCUT2D eigenvalue weighted by atomic mass is 32.2. The minimum atomic E-state index is -1.13. The maximum absolute atomic E-state index is 15.4.